The van der Waals surface area contributed by atoms with Gasteiger partial charge in [-0.25, -0.2) is 4.79 Å². The van der Waals surface area contributed by atoms with Crippen LogP contribution in [0.2, 0.25) is 0 Å². The van der Waals surface area contributed by atoms with E-state index in [-0.39, 0.29) is 24.9 Å². The van der Waals surface area contributed by atoms with E-state index in [9.17, 15) is 19.2 Å². The molecule has 1 saturated heterocycles. The van der Waals surface area contributed by atoms with Gasteiger partial charge in [-0.05, 0) is 67.3 Å². The first kappa shape index (κ1) is 24.5. The van der Waals surface area contributed by atoms with Crippen molar-refractivity contribution in [1.82, 2.24) is 15.1 Å². The van der Waals surface area contributed by atoms with Crippen LogP contribution in [-0.2, 0) is 32.9 Å². The van der Waals surface area contributed by atoms with E-state index in [1.54, 1.807) is 23.1 Å². The van der Waals surface area contributed by atoms with Gasteiger partial charge in [0.2, 0.25) is 11.8 Å². The minimum absolute atomic E-state index is 0.0179. The molecule has 2 aromatic rings. The highest BCUT2D eigenvalue weighted by atomic mass is 16.2. The van der Waals surface area contributed by atoms with E-state index in [0.717, 1.165) is 28.9 Å². The van der Waals surface area contributed by atoms with Crippen LogP contribution in [0.15, 0.2) is 48.5 Å². The Morgan fingerprint density at radius 3 is 2.68 bits per heavy atom. The fraction of sp³-hybridized carbons (Fsp3) is 0.393. The molecule has 1 heterocycles. The highest BCUT2D eigenvalue weighted by Gasteiger charge is 2.56. The third-order valence-corrected chi connectivity index (χ3v) is 7.64. The number of urea groups is 1. The molecule has 5 amide bonds. The van der Waals surface area contributed by atoms with Crippen LogP contribution in [0.1, 0.15) is 49.3 Å². The predicted octanol–water partition coefficient (Wildman–Crippen LogP) is 3.06. The number of anilines is 1. The first-order chi connectivity index (χ1) is 17.8. The number of carbonyl (C=O) groups excluding carboxylic acids is 4. The molecule has 5 rings (SSSR count). The molecule has 2 aliphatic carbocycles. The molecule has 0 aromatic heterocycles. The van der Waals surface area contributed by atoms with Crippen molar-refractivity contribution >= 4 is 29.4 Å². The lowest BCUT2D eigenvalue weighted by atomic mass is 9.91. The largest absolute Gasteiger partial charge is 0.334 e. The third kappa shape index (κ3) is 4.67. The second kappa shape index (κ2) is 9.69. The van der Waals surface area contributed by atoms with Crippen molar-refractivity contribution in [2.45, 2.75) is 57.2 Å². The van der Waals surface area contributed by atoms with Gasteiger partial charge in [0, 0.05) is 18.3 Å². The molecule has 1 saturated carbocycles. The standard InChI is InChI=1S/C28H29N5O4/c1-18(20-7-8-20)32(16-19-5-3-2-4-6-19)25(35)17-33-26(36)28(31-27(33)37)13-11-21-15-22(9-10-23(21)28)30-24(34)12-14-29/h2-6,9-10,15,18,20H,7-8,11-13,16-17H2,1H3,(H,30,34)(H,31,37). The Labute approximate surface area is 215 Å². The SMILES string of the molecule is CC(C1CC1)N(Cc1ccccc1)C(=O)CN1C(=O)NC2(CCc3cc(NC(=O)CC#N)ccc32)C1=O. The molecule has 37 heavy (non-hydrogen) atoms. The summed E-state index contributed by atoms with van der Waals surface area (Å²) in [6, 6.07) is 16.1. The van der Waals surface area contributed by atoms with Gasteiger partial charge in [-0.2, -0.15) is 5.26 Å². The summed E-state index contributed by atoms with van der Waals surface area (Å²) in [4.78, 5) is 54.8. The Morgan fingerprint density at radius 1 is 1.22 bits per heavy atom. The van der Waals surface area contributed by atoms with E-state index in [0.29, 0.717) is 36.6 Å². The summed E-state index contributed by atoms with van der Waals surface area (Å²) in [6.07, 6.45) is 2.80. The lowest BCUT2D eigenvalue weighted by Gasteiger charge is -2.31. The summed E-state index contributed by atoms with van der Waals surface area (Å²) in [7, 11) is 0. The maximum atomic E-state index is 13.6. The van der Waals surface area contributed by atoms with Crippen molar-refractivity contribution in [2.75, 3.05) is 11.9 Å². The molecule has 0 radical (unpaired) electrons. The van der Waals surface area contributed by atoms with E-state index in [4.69, 9.17) is 5.26 Å². The second-order valence-electron chi connectivity index (χ2n) is 10.1. The normalized spacial score (nSPS) is 20.8. The third-order valence-electron chi connectivity index (χ3n) is 7.64. The summed E-state index contributed by atoms with van der Waals surface area (Å²) in [5, 5.41) is 14.2. The molecular weight excluding hydrogens is 470 g/mol. The topological polar surface area (TPSA) is 123 Å². The Bertz CT molecular complexity index is 1300. The number of rotatable bonds is 8. The van der Waals surface area contributed by atoms with E-state index in [1.807, 2.05) is 43.3 Å². The van der Waals surface area contributed by atoms with Gasteiger partial charge in [-0.1, -0.05) is 36.4 Å². The molecule has 9 heteroatoms. The van der Waals surface area contributed by atoms with Crippen LogP contribution < -0.4 is 10.6 Å². The molecule has 1 aliphatic heterocycles. The van der Waals surface area contributed by atoms with Crippen molar-refractivity contribution in [3.05, 3.63) is 65.2 Å². The minimum atomic E-state index is -1.21. The summed E-state index contributed by atoms with van der Waals surface area (Å²) >= 11 is 0. The van der Waals surface area contributed by atoms with Crippen LogP contribution in [0, 0.1) is 17.2 Å². The van der Waals surface area contributed by atoms with Crippen molar-refractivity contribution in [1.29, 1.82) is 5.26 Å². The minimum Gasteiger partial charge on any atom is -0.334 e. The molecule has 2 fully saturated rings. The molecule has 3 aliphatic rings. The zero-order chi connectivity index (χ0) is 26.2. The first-order valence-electron chi connectivity index (χ1n) is 12.6. The molecule has 1 spiro atoms. The quantitative estimate of drug-likeness (QED) is 0.541. The highest BCUT2D eigenvalue weighted by Crippen LogP contribution is 2.42. The summed E-state index contributed by atoms with van der Waals surface area (Å²) < 4.78 is 0. The van der Waals surface area contributed by atoms with Gasteiger partial charge in [0.05, 0.1) is 6.07 Å². The summed E-state index contributed by atoms with van der Waals surface area (Å²) in [5.74, 6) is -0.653. The molecule has 190 valence electrons. The number of fused-ring (bicyclic) bond motifs is 2. The van der Waals surface area contributed by atoms with Gasteiger partial charge in [-0.15, -0.1) is 0 Å². The Morgan fingerprint density at radius 2 is 1.97 bits per heavy atom. The molecule has 2 unspecified atom stereocenters. The predicted molar refractivity (Wildman–Crippen MR) is 135 cm³/mol. The number of imide groups is 1. The van der Waals surface area contributed by atoms with Crippen molar-refractivity contribution in [3.8, 4) is 6.07 Å². The van der Waals surface area contributed by atoms with Crippen LogP contribution in [0.3, 0.4) is 0 Å². The van der Waals surface area contributed by atoms with Crippen molar-refractivity contribution < 1.29 is 19.2 Å². The molecule has 0 bridgehead atoms. The van der Waals surface area contributed by atoms with Crippen LogP contribution in [0.4, 0.5) is 10.5 Å². The molecule has 2 aromatic carbocycles. The maximum absolute atomic E-state index is 13.6. The Balaban J connectivity index is 1.34. The number of nitrogens with one attached hydrogen (secondary N) is 2. The second-order valence-corrected chi connectivity index (χ2v) is 10.1. The lowest BCUT2D eigenvalue weighted by Crippen LogP contribution is -2.47. The van der Waals surface area contributed by atoms with Gasteiger partial charge in [0.1, 0.15) is 18.5 Å². The lowest BCUT2D eigenvalue weighted by molar-refractivity contribution is -0.141. The van der Waals surface area contributed by atoms with E-state index < -0.39 is 23.4 Å². The van der Waals surface area contributed by atoms with E-state index in [2.05, 4.69) is 10.6 Å². The van der Waals surface area contributed by atoms with Crippen LogP contribution >= 0.6 is 0 Å². The Hall–Kier alpha value is -4.19. The van der Waals surface area contributed by atoms with Crippen molar-refractivity contribution in [3.63, 3.8) is 0 Å². The first-order valence-corrected chi connectivity index (χ1v) is 12.6. The number of amides is 5. The molecule has 9 nitrogen and oxygen atoms in total. The highest BCUT2D eigenvalue weighted by molar-refractivity contribution is 6.10. The summed E-state index contributed by atoms with van der Waals surface area (Å²) in [5.41, 5.74) is 1.83. The van der Waals surface area contributed by atoms with Crippen molar-refractivity contribution in [2.24, 2.45) is 5.92 Å². The smallest absolute Gasteiger partial charge is 0.325 e. The number of benzene rings is 2. The van der Waals surface area contributed by atoms with Gasteiger partial charge in [0.15, 0.2) is 0 Å². The van der Waals surface area contributed by atoms with Crippen LogP contribution in [0.25, 0.3) is 0 Å². The fourth-order valence-electron chi connectivity index (χ4n) is 5.45. The van der Waals surface area contributed by atoms with E-state index >= 15 is 0 Å². The Kier molecular flexibility index (Phi) is 6.42. The monoisotopic (exact) mass is 499 g/mol. The zero-order valence-electron chi connectivity index (χ0n) is 20.7. The molecule has 2 atom stereocenters. The van der Waals surface area contributed by atoms with Crippen LogP contribution in [0.5, 0.6) is 0 Å². The fourth-order valence-corrected chi connectivity index (χ4v) is 5.45. The van der Waals surface area contributed by atoms with Gasteiger partial charge in [0.25, 0.3) is 5.91 Å². The number of hydrogen-bond donors (Lipinski definition) is 2. The number of hydrogen-bond acceptors (Lipinski definition) is 5. The van der Waals surface area contributed by atoms with Gasteiger partial charge < -0.3 is 15.5 Å². The molecule has 2 N–H and O–H groups in total. The number of nitriles is 1. The zero-order valence-corrected chi connectivity index (χ0v) is 20.7. The van der Waals surface area contributed by atoms with Gasteiger partial charge in [-0.3, -0.25) is 19.3 Å². The number of aryl methyl sites for hydroxylation is 1. The van der Waals surface area contributed by atoms with Gasteiger partial charge >= 0.3 is 6.03 Å². The summed E-state index contributed by atoms with van der Waals surface area (Å²) in [6.45, 7) is 2.15. The average molecular weight is 500 g/mol. The number of nitrogens with zero attached hydrogens (tertiary/aromatic N) is 3. The molecular formula is C28H29N5O4. The average Bonchev–Trinajstić information content (AvgIpc) is 3.64. The maximum Gasteiger partial charge on any atom is 0.325 e. The van der Waals surface area contributed by atoms with E-state index in [1.165, 1.54) is 0 Å². The van der Waals surface area contributed by atoms with Crippen LogP contribution in [-0.4, -0.2) is 46.1 Å². The number of carbonyl (C=O) groups is 4.